The van der Waals surface area contributed by atoms with E-state index in [1.165, 1.54) is 29.8 Å². The van der Waals surface area contributed by atoms with E-state index < -0.39 is 16.1 Å². The molecule has 0 aromatic heterocycles. The number of nitrogens with zero attached hydrogens (tertiary/aromatic N) is 2. The number of hydrogen-bond acceptors (Lipinski definition) is 4. The van der Waals surface area contributed by atoms with E-state index in [2.05, 4.69) is 31.3 Å². The minimum atomic E-state index is -3.39. The predicted molar refractivity (Wildman–Crippen MR) is 108 cm³/mol. The first-order valence-electron chi connectivity index (χ1n) is 9.72. The van der Waals surface area contributed by atoms with Crippen LogP contribution in [0.5, 0.6) is 0 Å². The van der Waals surface area contributed by atoms with Crippen molar-refractivity contribution in [3.8, 4) is 0 Å². The Morgan fingerprint density at radius 3 is 2.41 bits per heavy atom. The SMILES string of the molecule is CC(C)NCC1(c2ccc(N3CCCC(N(C)S(C)(=O)=O)C3=O)cc2)CC1. The van der Waals surface area contributed by atoms with Crippen molar-refractivity contribution in [1.82, 2.24) is 9.62 Å². The fourth-order valence-electron chi connectivity index (χ4n) is 3.79. The molecule has 3 rings (SSSR count). The molecule has 1 N–H and O–H groups in total. The maximum Gasteiger partial charge on any atom is 0.245 e. The molecule has 0 radical (unpaired) electrons. The van der Waals surface area contributed by atoms with Gasteiger partial charge in [0.15, 0.2) is 0 Å². The third-order valence-electron chi connectivity index (χ3n) is 5.87. The maximum atomic E-state index is 12.9. The monoisotopic (exact) mass is 393 g/mol. The van der Waals surface area contributed by atoms with Crippen molar-refractivity contribution in [2.24, 2.45) is 0 Å². The topological polar surface area (TPSA) is 69.7 Å². The number of carbonyl (C=O) groups excluding carboxylic acids is 1. The summed E-state index contributed by atoms with van der Waals surface area (Å²) in [5.41, 5.74) is 2.39. The van der Waals surface area contributed by atoms with Crippen molar-refractivity contribution in [2.45, 2.75) is 57.0 Å². The Morgan fingerprint density at radius 1 is 1.26 bits per heavy atom. The number of sulfonamides is 1. The van der Waals surface area contributed by atoms with Crippen LogP contribution < -0.4 is 10.2 Å². The third-order valence-corrected chi connectivity index (χ3v) is 7.17. The zero-order valence-electron chi connectivity index (χ0n) is 16.7. The molecule has 1 saturated heterocycles. The lowest BCUT2D eigenvalue weighted by atomic mass is 9.95. The zero-order chi connectivity index (χ0) is 19.8. The second-order valence-electron chi connectivity index (χ2n) is 8.29. The molecule has 1 heterocycles. The summed E-state index contributed by atoms with van der Waals surface area (Å²) in [5, 5.41) is 3.54. The number of piperidine rings is 1. The van der Waals surface area contributed by atoms with Gasteiger partial charge in [-0.3, -0.25) is 4.79 Å². The second kappa shape index (κ2) is 7.53. The predicted octanol–water partition coefficient (Wildman–Crippen LogP) is 2.10. The van der Waals surface area contributed by atoms with Gasteiger partial charge in [0.05, 0.1) is 6.26 Å². The molecule has 1 saturated carbocycles. The lowest BCUT2D eigenvalue weighted by Gasteiger charge is -2.36. The quantitative estimate of drug-likeness (QED) is 0.770. The normalized spacial score (nSPS) is 22.5. The molecule has 1 atom stereocenters. The minimum Gasteiger partial charge on any atom is -0.314 e. The van der Waals surface area contributed by atoms with Crippen LogP contribution in [0.4, 0.5) is 5.69 Å². The Morgan fingerprint density at radius 2 is 1.89 bits per heavy atom. The number of rotatable bonds is 7. The van der Waals surface area contributed by atoms with Gasteiger partial charge in [-0.25, -0.2) is 8.42 Å². The van der Waals surface area contributed by atoms with Gasteiger partial charge in [-0.2, -0.15) is 4.31 Å². The highest BCUT2D eigenvalue weighted by Crippen LogP contribution is 2.48. The van der Waals surface area contributed by atoms with Crippen molar-refractivity contribution < 1.29 is 13.2 Å². The van der Waals surface area contributed by atoms with Crippen LogP contribution in [0.1, 0.15) is 45.1 Å². The van der Waals surface area contributed by atoms with E-state index in [1.807, 2.05) is 12.1 Å². The molecular formula is C20H31N3O3S. The molecular weight excluding hydrogens is 362 g/mol. The van der Waals surface area contributed by atoms with E-state index in [0.717, 1.165) is 24.9 Å². The van der Waals surface area contributed by atoms with Crippen LogP contribution >= 0.6 is 0 Å². The Kier molecular flexibility index (Phi) is 5.66. The van der Waals surface area contributed by atoms with Gasteiger partial charge < -0.3 is 10.2 Å². The largest absolute Gasteiger partial charge is 0.314 e. The molecule has 0 bridgehead atoms. The van der Waals surface area contributed by atoms with Gasteiger partial charge >= 0.3 is 0 Å². The third kappa shape index (κ3) is 4.36. The number of likely N-dealkylation sites (N-methyl/N-ethyl adjacent to an activating group) is 1. The summed E-state index contributed by atoms with van der Waals surface area (Å²) in [6.07, 6.45) is 4.89. The number of carbonyl (C=O) groups is 1. The Balaban J connectivity index is 1.74. The molecule has 0 spiro atoms. The van der Waals surface area contributed by atoms with Crippen LogP contribution in [0.2, 0.25) is 0 Å². The molecule has 27 heavy (non-hydrogen) atoms. The van der Waals surface area contributed by atoms with E-state index in [0.29, 0.717) is 19.0 Å². The molecule has 2 fully saturated rings. The number of amides is 1. The fraction of sp³-hybridized carbons (Fsp3) is 0.650. The van der Waals surface area contributed by atoms with Crippen LogP contribution in [-0.4, -0.2) is 57.1 Å². The van der Waals surface area contributed by atoms with Crippen molar-refractivity contribution in [3.63, 3.8) is 0 Å². The Bertz CT molecular complexity index is 785. The van der Waals surface area contributed by atoms with Crippen LogP contribution in [0.25, 0.3) is 0 Å². The van der Waals surface area contributed by atoms with Gasteiger partial charge in [-0.05, 0) is 43.4 Å². The summed E-state index contributed by atoms with van der Waals surface area (Å²) < 4.78 is 24.9. The van der Waals surface area contributed by atoms with Gasteiger partial charge in [0.1, 0.15) is 6.04 Å². The van der Waals surface area contributed by atoms with E-state index >= 15 is 0 Å². The lowest BCUT2D eigenvalue weighted by Crippen LogP contribution is -2.52. The lowest BCUT2D eigenvalue weighted by molar-refractivity contribution is -0.123. The number of nitrogens with one attached hydrogen (secondary N) is 1. The first-order valence-corrected chi connectivity index (χ1v) is 11.6. The molecule has 150 valence electrons. The van der Waals surface area contributed by atoms with Crippen molar-refractivity contribution in [1.29, 1.82) is 0 Å². The van der Waals surface area contributed by atoms with Gasteiger partial charge in [0.25, 0.3) is 0 Å². The van der Waals surface area contributed by atoms with Gasteiger partial charge in [-0.1, -0.05) is 26.0 Å². The van der Waals surface area contributed by atoms with Crippen molar-refractivity contribution in [3.05, 3.63) is 29.8 Å². The standard InChI is InChI=1S/C20H31N3O3S/c1-15(2)21-14-20(11-12-20)16-7-9-17(10-8-16)23-13-5-6-18(19(23)24)22(3)27(4,25)26/h7-10,15,18,21H,5-6,11-14H2,1-4H3. The summed E-state index contributed by atoms with van der Waals surface area (Å²) in [4.78, 5) is 14.6. The average Bonchev–Trinajstić information content (AvgIpc) is 3.40. The number of benzene rings is 1. The molecule has 1 unspecified atom stereocenters. The van der Waals surface area contributed by atoms with Crippen LogP contribution in [0.3, 0.4) is 0 Å². The van der Waals surface area contributed by atoms with E-state index in [1.54, 1.807) is 4.90 Å². The summed E-state index contributed by atoms with van der Waals surface area (Å²) in [7, 11) is -1.90. The van der Waals surface area contributed by atoms with Gasteiger partial charge in [0, 0.05) is 37.3 Å². The maximum absolute atomic E-state index is 12.9. The summed E-state index contributed by atoms with van der Waals surface area (Å²) in [6.45, 7) is 5.93. The molecule has 1 aromatic rings. The van der Waals surface area contributed by atoms with Crippen molar-refractivity contribution >= 4 is 21.6 Å². The fourth-order valence-corrected chi connectivity index (χ4v) is 4.45. The second-order valence-corrected chi connectivity index (χ2v) is 10.3. The molecule has 2 aliphatic rings. The van der Waals surface area contributed by atoms with Crippen LogP contribution in [-0.2, 0) is 20.2 Å². The van der Waals surface area contributed by atoms with Crippen LogP contribution in [0, 0.1) is 0 Å². The molecule has 1 aliphatic carbocycles. The first-order chi connectivity index (χ1) is 12.6. The van der Waals surface area contributed by atoms with E-state index in [-0.39, 0.29) is 11.3 Å². The molecule has 1 aromatic carbocycles. The summed E-state index contributed by atoms with van der Waals surface area (Å²) in [6, 6.07) is 8.12. The Labute approximate surface area is 163 Å². The minimum absolute atomic E-state index is 0.135. The molecule has 1 amide bonds. The highest BCUT2D eigenvalue weighted by Gasteiger charge is 2.44. The van der Waals surface area contributed by atoms with Crippen LogP contribution in [0.15, 0.2) is 24.3 Å². The average molecular weight is 394 g/mol. The number of hydrogen-bond donors (Lipinski definition) is 1. The van der Waals surface area contributed by atoms with E-state index in [9.17, 15) is 13.2 Å². The number of anilines is 1. The molecule has 1 aliphatic heterocycles. The van der Waals surface area contributed by atoms with Crippen molar-refractivity contribution in [2.75, 3.05) is 31.3 Å². The smallest absolute Gasteiger partial charge is 0.245 e. The molecule has 6 nitrogen and oxygen atoms in total. The molecule has 7 heteroatoms. The summed E-state index contributed by atoms with van der Waals surface area (Å²) in [5.74, 6) is -0.135. The Hall–Kier alpha value is -1.44. The highest BCUT2D eigenvalue weighted by molar-refractivity contribution is 7.88. The first kappa shape index (κ1) is 20.3. The van der Waals surface area contributed by atoms with E-state index in [4.69, 9.17) is 0 Å². The van der Waals surface area contributed by atoms with Gasteiger partial charge in [0.2, 0.25) is 15.9 Å². The zero-order valence-corrected chi connectivity index (χ0v) is 17.6. The van der Waals surface area contributed by atoms with Gasteiger partial charge in [-0.15, -0.1) is 0 Å². The highest BCUT2D eigenvalue weighted by atomic mass is 32.2. The summed E-state index contributed by atoms with van der Waals surface area (Å²) >= 11 is 0.